The first-order chi connectivity index (χ1) is 12.1. The maximum atomic E-state index is 12.9. The Labute approximate surface area is 151 Å². The number of aromatic nitrogens is 2. The summed E-state index contributed by atoms with van der Waals surface area (Å²) in [6, 6.07) is 13.2. The summed E-state index contributed by atoms with van der Waals surface area (Å²) in [6.07, 6.45) is 1.56. The van der Waals surface area contributed by atoms with Crippen LogP contribution in [0.15, 0.2) is 53.6 Å². The van der Waals surface area contributed by atoms with Gasteiger partial charge in [0.25, 0.3) is 5.56 Å². The predicted molar refractivity (Wildman–Crippen MR) is 102 cm³/mol. The van der Waals surface area contributed by atoms with Crippen LogP contribution < -0.4 is 10.5 Å². The van der Waals surface area contributed by atoms with E-state index in [1.165, 1.54) is 4.57 Å². The Balaban J connectivity index is 1.75. The van der Waals surface area contributed by atoms with E-state index < -0.39 is 0 Å². The van der Waals surface area contributed by atoms with Crippen LogP contribution in [-0.4, -0.2) is 47.7 Å². The molecule has 1 aliphatic rings. The second-order valence-electron chi connectivity index (χ2n) is 6.36. The van der Waals surface area contributed by atoms with Crippen molar-refractivity contribution in [2.75, 3.05) is 38.1 Å². The van der Waals surface area contributed by atoms with Crippen molar-refractivity contribution in [3.05, 3.63) is 64.2 Å². The molecule has 6 heteroatoms. The molecule has 3 aromatic rings. The highest BCUT2D eigenvalue weighted by molar-refractivity contribution is 6.32. The maximum Gasteiger partial charge on any atom is 0.265 e. The molecule has 1 fully saturated rings. The summed E-state index contributed by atoms with van der Waals surface area (Å²) in [5.41, 5.74) is 2.36. The van der Waals surface area contributed by atoms with Gasteiger partial charge in [0.15, 0.2) is 0 Å². The van der Waals surface area contributed by atoms with Gasteiger partial charge in [0, 0.05) is 31.9 Å². The molecule has 0 radical (unpaired) electrons. The third-order valence-electron chi connectivity index (χ3n) is 4.72. The fourth-order valence-corrected chi connectivity index (χ4v) is 3.42. The number of halogens is 1. The van der Waals surface area contributed by atoms with Gasteiger partial charge in [-0.25, -0.2) is 4.98 Å². The molecule has 2 heterocycles. The van der Waals surface area contributed by atoms with Crippen LogP contribution in [0.4, 0.5) is 5.69 Å². The lowest BCUT2D eigenvalue weighted by atomic mass is 10.2. The zero-order valence-corrected chi connectivity index (χ0v) is 14.8. The third-order valence-corrected chi connectivity index (χ3v) is 5.04. The Hall–Kier alpha value is -2.37. The van der Waals surface area contributed by atoms with Crippen molar-refractivity contribution in [1.29, 1.82) is 0 Å². The molecule has 2 aromatic carbocycles. The quantitative estimate of drug-likeness (QED) is 0.709. The van der Waals surface area contributed by atoms with Gasteiger partial charge < -0.3 is 9.80 Å². The number of anilines is 1. The molecule has 5 nitrogen and oxygen atoms in total. The number of benzene rings is 2. The average Bonchev–Trinajstić information content (AvgIpc) is 2.63. The van der Waals surface area contributed by atoms with E-state index in [0.29, 0.717) is 21.6 Å². The summed E-state index contributed by atoms with van der Waals surface area (Å²) < 4.78 is 1.50. The Morgan fingerprint density at radius 2 is 1.80 bits per heavy atom. The molecular formula is C19H19ClN4O. The van der Waals surface area contributed by atoms with Crippen molar-refractivity contribution in [3.8, 4) is 5.69 Å². The first-order valence-electron chi connectivity index (χ1n) is 8.33. The van der Waals surface area contributed by atoms with Gasteiger partial charge in [0.05, 0.1) is 21.6 Å². The summed E-state index contributed by atoms with van der Waals surface area (Å²) in [7, 11) is 2.14. The molecule has 1 aromatic heterocycles. The molecule has 0 spiro atoms. The van der Waals surface area contributed by atoms with Crippen molar-refractivity contribution >= 4 is 28.2 Å². The summed E-state index contributed by atoms with van der Waals surface area (Å²) in [5.74, 6) is 0. The Morgan fingerprint density at radius 1 is 1.04 bits per heavy atom. The van der Waals surface area contributed by atoms with Gasteiger partial charge in [0.2, 0.25) is 0 Å². The second-order valence-corrected chi connectivity index (χ2v) is 6.77. The Bertz CT molecular complexity index is 977. The standard InChI is InChI=1S/C19H19ClN4O/c1-22-8-10-23(11-9-22)14-6-7-15-17(12-14)21-13-24(19(15)25)18-5-3-2-4-16(18)20/h2-7,12-13H,8-11H2,1H3. The van der Waals surface area contributed by atoms with Crippen molar-refractivity contribution < 1.29 is 0 Å². The Morgan fingerprint density at radius 3 is 2.56 bits per heavy atom. The largest absolute Gasteiger partial charge is 0.369 e. The van der Waals surface area contributed by atoms with Gasteiger partial charge in [0.1, 0.15) is 6.33 Å². The van der Waals surface area contributed by atoms with Crippen molar-refractivity contribution in [3.63, 3.8) is 0 Å². The molecule has 0 saturated carbocycles. The van der Waals surface area contributed by atoms with E-state index in [9.17, 15) is 4.79 Å². The molecule has 0 bridgehead atoms. The molecule has 128 valence electrons. The number of fused-ring (bicyclic) bond motifs is 1. The minimum atomic E-state index is -0.108. The minimum Gasteiger partial charge on any atom is -0.369 e. The SMILES string of the molecule is CN1CCN(c2ccc3c(=O)n(-c4ccccc4Cl)cnc3c2)CC1. The fraction of sp³-hybridized carbons (Fsp3) is 0.263. The third kappa shape index (κ3) is 3.01. The molecule has 25 heavy (non-hydrogen) atoms. The molecule has 1 saturated heterocycles. The number of para-hydroxylation sites is 1. The minimum absolute atomic E-state index is 0.108. The summed E-state index contributed by atoms with van der Waals surface area (Å²) in [5, 5.41) is 1.13. The van der Waals surface area contributed by atoms with Gasteiger partial charge in [-0.1, -0.05) is 23.7 Å². The van der Waals surface area contributed by atoms with E-state index >= 15 is 0 Å². The molecule has 1 aliphatic heterocycles. The number of likely N-dealkylation sites (N-methyl/N-ethyl adjacent to an activating group) is 1. The van der Waals surface area contributed by atoms with Gasteiger partial charge >= 0.3 is 0 Å². The van der Waals surface area contributed by atoms with Crippen molar-refractivity contribution in [1.82, 2.24) is 14.5 Å². The van der Waals surface area contributed by atoms with E-state index in [4.69, 9.17) is 11.6 Å². The lowest BCUT2D eigenvalue weighted by Crippen LogP contribution is -2.44. The van der Waals surface area contributed by atoms with Crippen LogP contribution in [0.1, 0.15) is 0 Å². The lowest BCUT2D eigenvalue weighted by Gasteiger charge is -2.34. The van der Waals surface area contributed by atoms with E-state index in [0.717, 1.165) is 31.9 Å². The molecule has 0 N–H and O–H groups in total. The second kappa shape index (κ2) is 6.50. The summed E-state index contributed by atoms with van der Waals surface area (Å²) >= 11 is 6.22. The van der Waals surface area contributed by atoms with Gasteiger partial charge in [-0.3, -0.25) is 9.36 Å². The fourth-order valence-electron chi connectivity index (χ4n) is 3.19. The number of nitrogens with zero attached hydrogens (tertiary/aromatic N) is 4. The average molecular weight is 355 g/mol. The van der Waals surface area contributed by atoms with Crippen LogP contribution in [0.25, 0.3) is 16.6 Å². The molecule has 0 atom stereocenters. The maximum absolute atomic E-state index is 12.9. The molecule has 0 aliphatic carbocycles. The van der Waals surface area contributed by atoms with E-state index in [2.05, 4.69) is 21.8 Å². The number of rotatable bonds is 2. The topological polar surface area (TPSA) is 41.4 Å². The summed E-state index contributed by atoms with van der Waals surface area (Å²) in [6.45, 7) is 4.05. The van der Waals surface area contributed by atoms with Crippen molar-refractivity contribution in [2.24, 2.45) is 0 Å². The monoisotopic (exact) mass is 354 g/mol. The Kier molecular flexibility index (Phi) is 4.19. The smallest absolute Gasteiger partial charge is 0.265 e. The highest BCUT2D eigenvalue weighted by atomic mass is 35.5. The van der Waals surface area contributed by atoms with Crippen LogP contribution >= 0.6 is 11.6 Å². The summed E-state index contributed by atoms with van der Waals surface area (Å²) in [4.78, 5) is 22.0. The first-order valence-corrected chi connectivity index (χ1v) is 8.71. The van der Waals surface area contributed by atoms with E-state index in [1.54, 1.807) is 12.4 Å². The highest BCUT2D eigenvalue weighted by Gasteiger charge is 2.15. The molecule has 4 rings (SSSR count). The van der Waals surface area contributed by atoms with Crippen LogP contribution in [0.5, 0.6) is 0 Å². The zero-order valence-electron chi connectivity index (χ0n) is 14.0. The zero-order chi connectivity index (χ0) is 17.4. The van der Waals surface area contributed by atoms with Crippen molar-refractivity contribution in [2.45, 2.75) is 0 Å². The van der Waals surface area contributed by atoms with E-state index in [1.807, 2.05) is 36.4 Å². The first kappa shape index (κ1) is 16.1. The highest BCUT2D eigenvalue weighted by Crippen LogP contribution is 2.22. The van der Waals surface area contributed by atoms with Crippen LogP contribution in [0.3, 0.4) is 0 Å². The number of piperazine rings is 1. The lowest BCUT2D eigenvalue weighted by molar-refractivity contribution is 0.313. The number of hydrogen-bond donors (Lipinski definition) is 0. The molecule has 0 amide bonds. The normalized spacial score (nSPS) is 15.7. The number of hydrogen-bond acceptors (Lipinski definition) is 4. The van der Waals surface area contributed by atoms with Crippen LogP contribution in [0, 0.1) is 0 Å². The van der Waals surface area contributed by atoms with Gasteiger partial charge in [-0.2, -0.15) is 0 Å². The van der Waals surface area contributed by atoms with Gasteiger partial charge in [-0.15, -0.1) is 0 Å². The molecule has 0 unspecified atom stereocenters. The van der Waals surface area contributed by atoms with Gasteiger partial charge in [-0.05, 0) is 37.4 Å². The van der Waals surface area contributed by atoms with Crippen LogP contribution in [0.2, 0.25) is 5.02 Å². The predicted octanol–water partition coefficient (Wildman–Crippen LogP) is 2.79. The van der Waals surface area contributed by atoms with E-state index in [-0.39, 0.29) is 5.56 Å². The van der Waals surface area contributed by atoms with Crippen LogP contribution in [-0.2, 0) is 0 Å². The molecular weight excluding hydrogens is 336 g/mol.